The SMILES string of the molecule is CCNC(=O)[C@@H](C)N(Cc1ccc(OC)cc1)C(=O)CN(c1ccc2c(c1)OCCO2)S(=O)(=O)c1ccccc1. The standard InChI is InChI=1S/C29H33N3O7S/c1-4-30-29(34)21(2)31(19-22-10-13-24(37-3)14-11-22)28(33)20-32(40(35,36)25-8-6-5-7-9-25)23-12-15-26-27(18-23)39-17-16-38-26/h5-15,18,21H,4,16-17,19-20H2,1-3H3,(H,30,34)/t21-/m1/s1. The summed E-state index contributed by atoms with van der Waals surface area (Å²) in [4.78, 5) is 28.2. The summed E-state index contributed by atoms with van der Waals surface area (Å²) in [6.45, 7) is 4.04. The summed E-state index contributed by atoms with van der Waals surface area (Å²) in [5, 5.41) is 2.74. The molecule has 40 heavy (non-hydrogen) atoms. The van der Waals surface area contributed by atoms with E-state index in [0.717, 1.165) is 9.87 Å². The maximum absolute atomic E-state index is 13.9. The first kappa shape index (κ1) is 28.8. The first-order chi connectivity index (χ1) is 19.2. The highest BCUT2D eigenvalue weighted by Gasteiger charge is 2.33. The van der Waals surface area contributed by atoms with Gasteiger partial charge in [0.1, 0.15) is 31.5 Å². The zero-order chi connectivity index (χ0) is 28.7. The number of anilines is 1. The predicted molar refractivity (Wildman–Crippen MR) is 150 cm³/mol. The van der Waals surface area contributed by atoms with Crippen molar-refractivity contribution < 1.29 is 32.2 Å². The van der Waals surface area contributed by atoms with Gasteiger partial charge in [-0.2, -0.15) is 0 Å². The second-order valence-electron chi connectivity index (χ2n) is 9.09. The van der Waals surface area contributed by atoms with Crippen molar-refractivity contribution in [3.8, 4) is 17.2 Å². The molecule has 0 unspecified atom stereocenters. The quantitative estimate of drug-likeness (QED) is 0.378. The van der Waals surface area contributed by atoms with E-state index in [2.05, 4.69) is 5.32 Å². The molecule has 0 aliphatic carbocycles. The molecule has 1 aliphatic heterocycles. The molecule has 11 heteroatoms. The Morgan fingerprint density at radius 3 is 2.30 bits per heavy atom. The Hall–Kier alpha value is -4.25. The molecule has 3 aromatic carbocycles. The van der Waals surface area contributed by atoms with E-state index in [0.29, 0.717) is 37.0 Å². The maximum Gasteiger partial charge on any atom is 0.264 e. The first-order valence-electron chi connectivity index (χ1n) is 12.9. The van der Waals surface area contributed by atoms with Gasteiger partial charge in [0.05, 0.1) is 17.7 Å². The minimum atomic E-state index is -4.17. The van der Waals surface area contributed by atoms with Crippen LogP contribution < -0.4 is 23.8 Å². The molecule has 0 aromatic heterocycles. The third-order valence-electron chi connectivity index (χ3n) is 6.45. The Morgan fingerprint density at radius 1 is 0.975 bits per heavy atom. The summed E-state index contributed by atoms with van der Waals surface area (Å²) >= 11 is 0. The Kier molecular flexibility index (Phi) is 9.15. The monoisotopic (exact) mass is 567 g/mol. The molecule has 1 atom stereocenters. The largest absolute Gasteiger partial charge is 0.497 e. The fourth-order valence-corrected chi connectivity index (χ4v) is 5.69. The molecule has 4 rings (SSSR count). The lowest BCUT2D eigenvalue weighted by atomic mass is 10.1. The highest BCUT2D eigenvalue weighted by atomic mass is 32.2. The molecule has 2 amide bonds. The van der Waals surface area contributed by atoms with Crippen LogP contribution in [0.25, 0.3) is 0 Å². The minimum Gasteiger partial charge on any atom is -0.497 e. The molecule has 1 N–H and O–H groups in total. The lowest BCUT2D eigenvalue weighted by molar-refractivity contribution is -0.139. The fraction of sp³-hybridized carbons (Fsp3) is 0.310. The third-order valence-corrected chi connectivity index (χ3v) is 8.24. The number of rotatable bonds is 11. The molecule has 212 valence electrons. The van der Waals surface area contributed by atoms with Crippen molar-refractivity contribution in [3.63, 3.8) is 0 Å². The Bertz CT molecular complexity index is 1430. The predicted octanol–water partition coefficient (Wildman–Crippen LogP) is 3.22. The van der Waals surface area contributed by atoms with Crippen LogP contribution in [-0.2, 0) is 26.2 Å². The van der Waals surface area contributed by atoms with Crippen molar-refractivity contribution in [2.24, 2.45) is 0 Å². The number of likely N-dealkylation sites (N-methyl/N-ethyl adjacent to an activating group) is 1. The minimum absolute atomic E-state index is 0.0242. The van der Waals surface area contributed by atoms with Gasteiger partial charge < -0.3 is 24.4 Å². The lowest BCUT2D eigenvalue weighted by Gasteiger charge is -2.32. The van der Waals surface area contributed by atoms with Crippen molar-refractivity contribution >= 4 is 27.5 Å². The van der Waals surface area contributed by atoms with Crippen molar-refractivity contribution in [1.82, 2.24) is 10.2 Å². The number of nitrogens with one attached hydrogen (secondary N) is 1. The average Bonchev–Trinajstić information content (AvgIpc) is 2.98. The smallest absolute Gasteiger partial charge is 0.264 e. The zero-order valence-corrected chi connectivity index (χ0v) is 23.5. The van der Waals surface area contributed by atoms with E-state index in [-0.39, 0.29) is 23.0 Å². The Morgan fingerprint density at radius 2 is 1.65 bits per heavy atom. The van der Waals surface area contributed by atoms with Gasteiger partial charge in [0.15, 0.2) is 11.5 Å². The van der Waals surface area contributed by atoms with E-state index in [1.807, 2.05) is 0 Å². The molecular formula is C29H33N3O7S. The zero-order valence-electron chi connectivity index (χ0n) is 22.7. The molecule has 0 spiro atoms. The second-order valence-corrected chi connectivity index (χ2v) is 11.0. The number of carbonyl (C=O) groups excluding carboxylic acids is 2. The van der Waals surface area contributed by atoms with E-state index in [1.165, 1.54) is 17.0 Å². The van der Waals surface area contributed by atoms with Crippen LogP contribution in [-0.4, -0.2) is 64.6 Å². The summed E-state index contributed by atoms with van der Waals surface area (Å²) < 4.78 is 45.3. The van der Waals surface area contributed by atoms with Gasteiger partial charge in [0, 0.05) is 19.2 Å². The topological polar surface area (TPSA) is 114 Å². The summed E-state index contributed by atoms with van der Waals surface area (Å²) in [5.41, 5.74) is 0.985. The van der Waals surface area contributed by atoms with Crippen molar-refractivity contribution in [2.75, 3.05) is 37.7 Å². The molecule has 3 aromatic rings. The van der Waals surface area contributed by atoms with E-state index in [4.69, 9.17) is 14.2 Å². The highest BCUT2D eigenvalue weighted by molar-refractivity contribution is 7.92. The summed E-state index contributed by atoms with van der Waals surface area (Å²) in [6.07, 6.45) is 0. The van der Waals surface area contributed by atoms with Gasteiger partial charge in [-0.1, -0.05) is 30.3 Å². The van der Waals surface area contributed by atoms with Crippen molar-refractivity contribution in [2.45, 2.75) is 31.3 Å². The number of carbonyl (C=O) groups is 2. The second kappa shape index (κ2) is 12.7. The van der Waals surface area contributed by atoms with Crippen LogP contribution in [0.4, 0.5) is 5.69 Å². The van der Waals surface area contributed by atoms with Gasteiger partial charge in [-0.05, 0) is 55.8 Å². The number of hydrogen-bond acceptors (Lipinski definition) is 7. The molecule has 1 aliphatic rings. The molecular weight excluding hydrogens is 534 g/mol. The molecule has 0 bridgehead atoms. The number of hydrogen-bond donors (Lipinski definition) is 1. The van der Waals surface area contributed by atoms with Crippen LogP contribution in [0.2, 0.25) is 0 Å². The first-order valence-corrected chi connectivity index (χ1v) is 14.4. The number of sulfonamides is 1. The van der Waals surface area contributed by atoms with Crippen LogP contribution in [0.5, 0.6) is 17.2 Å². The normalized spacial score (nSPS) is 13.2. The highest BCUT2D eigenvalue weighted by Crippen LogP contribution is 2.36. The Labute approximate surface area is 234 Å². The average molecular weight is 568 g/mol. The van der Waals surface area contributed by atoms with E-state index >= 15 is 0 Å². The van der Waals surface area contributed by atoms with Gasteiger partial charge in [0.25, 0.3) is 10.0 Å². The molecule has 0 fully saturated rings. The van der Waals surface area contributed by atoms with Gasteiger partial charge in [-0.25, -0.2) is 8.42 Å². The fourth-order valence-electron chi connectivity index (χ4n) is 4.27. The van der Waals surface area contributed by atoms with Gasteiger partial charge in [-0.3, -0.25) is 13.9 Å². The number of methoxy groups -OCH3 is 1. The number of nitrogens with zero attached hydrogens (tertiary/aromatic N) is 2. The molecule has 0 saturated heterocycles. The number of amides is 2. The van der Waals surface area contributed by atoms with Crippen molar-refractivity contribution in [1.29, 1.82) is 0 Å². The number of ether oxygens (including phenoxy) is 3. The van der Waals surface area contributed by atoms with Gasteiger partial charge >= 0.3 is 0 Å². The van der Waals surface area contributed by atoms with Gasteiger partial charge in [0.2, 0.25) is 11.8 Å². The number of benzene rings is 3. The third kappa shape index (κ3) is 6.48. The van der Waals surface area contributed by atoms with Crippen molar-refractivity contribution in [3.05, 3.63) is 78.4 Å². The van der Waals surface area contributed by atoms with E-state index in [9.17, 15) is 18.0 Å². The van der Waals surface area contributed by atoms with Crippen LogP contribution in [0.3, 0.4) is 0 Å². The maximum atomic E-state index is 13.9. The van der Waals surface area contributed by atoms with E-state index in [1.54, 1.807) is 81.6 Å². The van der Waals surface area contributed by atoms with E-state index < -0.39 is 28.5 Å². The molecule has 1 heterocycles. The number of fused-ring (bicyclic) bond motifs is 1. The van der Waals surface area contributed by atoms with Crippen LogP contribution in [0.15, 0.2) is 77.7 Å². The summed E-state index contributed by atoms with van der Waals surface area (Å²) in [7, 11) is -2.62. The van der Waals surface area contributed by atoms with Crippen LogP contribution in [0, 0.1) is 0 Å². The van der Waals surface area contributed by atoms with Gasteiger partial charge in [-0.15, -0.1) is 0 Å². The summed E-state index contributed by atoms with van der Waals surface area (Å²) in [5.74, 6) is 0.627. The summed E-state index contributed by atoms with van der Waals surface area (Å²) in [6, 6.07) is 18.9. The van der Waals surface area contributed by atoms with Crippen LogP contribution >= 0.6 is 0 Å². The molecule has 10 nitrogen and oxygen atoms in total. The molecule has 0 radical (unpaired) electrons. The lowest BCUT2D eigenvalue weighted by Crippen LogP contribution is -2.51. The van der Waals surface area contributed by atoms with Crippen LogP contribution in [0.1, 0.15) is 19.4 Å². The Balaban J connectivity index is 1.72. The molecule has 0 saturated carbocycles.